The quantitative estimate of drug-likeness (QED) is 0.816. The lowest BCUT2D eigenvalue weighted by molar-refractivity contribution is 0.0957. The van der Waals surface area contributed by atoms with E-state index in [2.05, 4.69) is 10.3 Å². The van der Waals surface area contributed by atoms with Gasteiger partial charge in [0, 0.05) is 25.0 Å². The van der Waals surface area contributed by atoms with Crippen LogP contribution in [0.25, 0.3) is 0 Å². The Kier molecular flexibility index (Phi) is 3.97. The van der Waals surface area contributed by atoms with E-state index in [0.29, 0.717) is 18.1 Å². The summed E-state index contributed by atoms with van der Waals surface area (Å²) in [4.78, 5) is 15.4. The van der Waals surface area contributed by atoms with Crippen LogP contribution in [0.3, 0.4) is 0 Å². The van der Waals surface area contributed by atoms with E-state index < -0.39 is 0 Å². The zero-order valence-corrected chi connectivity index (χ0v) is 10.6. The molecule has 0 bridgehead atoms. The van der Waals surface area contributed by atoms with Crippen molar-refractivity contribution in [1.29, 1.82) is 0 Å². The summed E-state index contributed by atoms with van der Waals surface area (Å²) in [5, 5.41) is 2.52. The predicted octanol–water partition coefficient (Wildman–Crippen LogP) is 1.60. The number of aromatic nitrogens is 1. The average molecular weight is 257 g/mol. The topological polar surface area (TPSA) is 77.2 Å². The summed E-state index contributed by atoms with van der Waals surface area (Å²) in [6.45, 7) is 0.414. The molecule has 0 saturated heterocycles. The third-order valence-electron chi connectivity index (χ3n) is 2.58. The van der Waals surface area contributed by atoms with E-state index >= 15 is 0 Å². The summed E-state index contributed by atoms with van der Waals surface area (Å²) < 4.78 is 5.61. The van der Waals surface area contributed by atoms with Gasteiger partial charge in [-0.15, -0.1) is 0 Å². The van der Waals surface area contributed by atoms with Crippen LogP contribution in [-0.4, -0.2) is 17.9 Å². The second-order valence-electron chi connectivity index (χ2n) is 3.99. The van der Waals surface area contributed by atoms with Crippen LogP contribution in [-0.2, 0) is 6.61 Å². The zero-order valence-electron chi connectivity index (χ0n) is 10.6. The lowest BCUT2D eigenvalue weighted by atomic mass is 10.2. The van der Waals surface area contributed by atoms with Crippen LogP contribution in [0.15, 0.2) is 42.6 Å². The third kappa shape index (κ3) is 3.45. The highest BCUT2D eigenvalue weighted by Crippen LogP contribution is 2.14. The van der Waals surface area contributed by atoms with Gasteiger partial charge >= 0.3 is 0 Å². The Bertz CT molecular complexity index is 567. The fraction of sp³-hybridized carbons (Fsp3) is 0.143. The minimum absolute atomic E-state index is 0.238. The summed E-state index contributed by atoms with van der Waals surface area (Å²) in [6.07, 6.45) is 1.54. The summed E-state index contributed by atoms with van der Waals surface area (Å²) in [6, 6.07) is 10.8. The molecule has 0 unspecified atom stereocenters. The number of carbonyl (C=O) groups is 1. The molecule has 0 radical (unpaired) electrons. The van der Waals surface area contributed by atoms with Crippen LogP contribution in [0.2, 0.25) is 0 Å². The van der Waals surface area contributed by atoms with Crippen molar-refractivity contribution in [3.05, 3.63) is 53.9 Å². The molecular weight excluding hydrogens is 242 g/mol. The molecule has 1 aromatic carbocycles. The number of pyridine rings is 1. The Morgan fingerprint density at radius 2 is 2.05 bits per heavy atom. The maximum absolute atomic E-state index is 11.4. The number of nitrogen functional groups attached to an aromatic ring is 1. The number of rotatable bonds is 4. The van der Waals surface area contributed by atoms with Gasteiger partial charge < -0.3 is 15.8 Å². The van der Waals surface area contributed by atoms with Gasteiger partial charge in [0.1, 0.15) is 18.1 Å². The molecule has 1 heterocycles. The second kappa shape index (κ2) is 5.86. The van der Waals surface area contributed by atoms with Crippen molar-refractivity contribution in [1.82, 2.24) is 10.3 Å². The molecule has 0 aliphatic rings. The van der Waals surface area contributed by atoms with Gasteiger partial charge in [-0.1, -0.05) is 12.1 Å². The molecular formula is C14H15N3O2. The van der Waals surface area contributed by atoms with Gasteiger partial charge in [0.25, 0.3) is 5.91 Å². The first-order valence-corrected chi connectivity index (χ1v) is 5.84. The average Bonchev–Trinajstić information content (AvgIpc) is 2.46. The van der Waals surface area contributed by atoms with Gasteiger partial charge in [-0.05, 0) is 23.8 Å². The maximum Gasteiger partial charge on any atom is 0.269 e. The van der Waals surface area contributed by atoms with Crippen LogP contribution in [0, 0.1) is 0 Å². The van der Waals surface area contributed by atoms with Gasteiger partial charge in [0.05, 0.1) is 0 Å². The largest absolute Gasteiger partial charge is 0.489 e. The number of carbonyl (C=O) groups excluding carboxylic acids is 1. The molecule has 0 aliphatic heterocycles. The van der Waals surface area contributed by atoms with Crippen LogP contribution < -0.4 is 15.8 Å². The summed E-state index contributed by atoms with van der Waals surface area (Å²) in [5.41, 5.74) is 7.66. The van der Waals surface area contributed by atoms with Crippen LogP contribution >= 0.6 is 0 Å². The third-order valence-corrected chi connectivity index (χ3v) is 2.58. The smallest absolute Gasteiger partial charge is 0.269 e. The minimum Gasteiger partial charge on any atom is -0.489 e. The molecule has 0 aliphatic carbocycles. The highest BCUT2D eigenvalue weighted by Gasteiger charge is 2.06. The standard InChI is InChI=1S/C14H15N3O2/c1-16-14(18)13-8-12(6-7-17-13)19-9-10-2-4-11(15)5-3-10/h2-8H,9,15H2,1H3,(H,16,18). The van der Waals surface area contributed by atoms with Gasteiger partial charge in [0.15, 0.2) is 0 Å². The molecule has 0 saturated carbocycles. The minimum atomic E-state index is -0.238. The van der Waals surface area contributed by atoms with Gasteiger partial charge in [0.2, 0.25) is 0 Å². The number of nitrogens with two attached hydrogens (primary N) is 1. The fourth-order valence-corrected chi connectivity index (χ4v) is 1.53. The SMILES string of the molecule is CNC(=O)c1cc(OCc2ccc(N)cc2)ccn1. The molecule has 0 atom stereocenters. The van der Waals surface area contributed by atoms with Crippen molar-refractivity contribution in [2.75, 3.05) is 12.8 Å². The number of anilines is 1. The second-order valence-corrected chi connectivity index (χ2v) is 3.99. The Balaban J connectivity index is 2.03. The van der Waals surface area contributed by atoms with Gasteiger partial charge in [-0.3, -0.25) is 9.78 Å². The van der Waals surface area contributed by atoms with Crippen LogP contribution in [0.4, 0.5) is 5.69 Å². The molecule has 1 amide bonds. The zero-order chi connectivity index (χ0) is 13.7. The van der Waals surface area contributed by atoms with Crippen LogP contribution in [0.1, 0.15) is 16.1 Å². The summed E-state index contributed by atoms with van der Waals surface area (Å²) >= 11 is 0. The first-order valence-electron chi connectivity index (χ1n) is 5.84. The molecule has 2 rings (SSSR count). The van der Waals surface area contributed by atoms with Crippen molar-refractivity contribution in [2.24, 2.45) is 0 Å². The first-order chi connectivity index (χ1) is 9.19. The number of nitrogens with one attached hydrogen (secondary N) is 1. The molecule has 3 N–H and O–H groups in total. The molecule has 19 heavy (non-hydrogen) atoms. The fourth-order valence-electron chi connectivity index (χ4n) is 1.53. The number of nitrogens with zero attached hydrogens (tertiary/aromatic N) is 1. The van der Waals surface area contributed by atoms with E-state index in [1.54, 1.807) is 25.4 Å². The molecule has 5 heteroatoms. The number of hydrogen-bond acceptors (Lipinski definition) is 4. The Labute approximate surface area is 111 Å². The molecule has 98 valence electrons. The normalized spacial score (nSPS) is 9.95. The van der Waals surface area contributed by atoms with E-state index in [9.17, 15) is 4.79 Å². The number of hydrogen-bond donors (Lipinski definition) is 2. The van der Waals surface area contributed by atoms with E-state index in [0.717, 1.165) is 11.3 Å². The van der Waals surface area contributed by atoms with E-state index in [4.69, 9.17) is 10.5 Å². The number of amides is 1. The highest BCUT2D eigenvalue weighted by atomic mass is 16.5. The summed E-state index contributed by atoms with van der Waals surface area (Å²) in [7, 11) is 1.56. The lowest BCUT2D eigenvalue weighted by Crippen LogP contribution is -2.19. The van der Waals surface area contributed by atoms with E-state index in [-0.39, 0.29) is 5.91 Å². The Hall–Kier alpha value is -2.56. The van der Waals surface area contributed by atoms with Crippen molar-refractivity contribution in [3.63, 3.8) is 0 Å². The van der Waals surface area contributed by atoms with E-state index in [1.165, 1.54) is 0 Å². The molecule has 2 aromatic rings. The first kappa shape index (κ1) is 12.9. The Morgan fingerprint density at radius 1 is 1.32 bits per heavy atom. The van der Waals surface area contributed by atoms with Gasteiger partial charge in [-0.2, -0.15) is 0 Å². The van der Waals surface area contributed by atoms with E-state index in [1.807, 2.05) is 24.3 Å². The number of ether oxygens (including phenoxy) is 1. The number of benzene rings is 1. The molecule has 1 aromatic heterocycles. The van der Waals surface area contributed by atoms with Crippen molar-refractivity contribution >= 4 is 11.6 Å². The maximum atomic E-state index is 11.4. The molecule has 5 nitrogen and oxygen atoms in total. The van der Waals surface area contributed by atoms with Crippen LogP contribution in [0.5, 0.6) is 5.75 Å². The van der Waals surface area contributed by atoms with Gasteiger partial charge in [-0.25, -0.2) is 0 Å². The van der Waals surface area contributed by atoms with Crippen molar-refractivity contribution < 1.29 is 9.53 Å². The Morgan fingerprint density at radius 3 is 2.74 bits per heavy atom. The predicted molar refractivity (Wildman–Crippen MR) is 72.8 cm³/mol. The highest BCUT2D eigenvalue weighted by molar-refractivity contribution is 5.92. The summed E-state index contributed by atoms with van der Waals surface area (Å²) in [5.74, 6) is 0.364. The van der Waals surface area contributed by atoms with Crippen molar-refractivity contribution in [2.45, 2.75) is 6.61 Å². The van der Waals surface area contributed by atoms with Crippen molar-refractivity contribution in [3.8, 4) is 5.75 Å². The monoisotopic (exact) mass is 257 g/mol. The molecule has 0 spiro atoms. The molecule has 0 fully saturated rings. The lowest BCUT2D eigenvalue weighted by Gasteiger charge is -2.07.